The molecule has 0 spiro atoms. The predicted octanol–water partition coefficient (Wildman–Crippen LogP) is 3.55. The number of amides is 1. The normalized spacial score (nSPS) is 10.7. The van der Waals surface area contributed by atoms with E-state index in [1.54, 1.807) is 13.0 Å². The lowest BCUT2D eigenvalue weighted by molar-refractivity contribution is -0.384. The molecule has 2 aromatic rings. The first-order chi connectivity index (χ1) is 11.8. The number of anilines is 2. The van der Waals surface area contributed by atoms with Crippen molar-refractivity contribution in [1.82, 2.24) is 10.2 Å². The minimum Gasteiger partial charge on any atom is -0.360 e. The fourth-order valence-electron chi connectivity index (χ4n) is 1.84. The highest BCUT2D eigenvalue weighted by molar-refractivity contribution is 8.01. The monoisotopic (exact) mass is 381 g/mol. The Morgan fingerprint density at radius 2 is 2.16 bits per heavy atom. The first-order valence-electron chi connectivity index (χ1n) is 7.60. The summed E-state index contributed by atoms with van der Waals surface area (Å²) in [5.74, 6) is 0.268. The van der Waals surface area contributed by atoms with Crippen LogP contribution in [0.15, 0.2) is 22.5 Å². The van der Waals surface area contributed by atoms with E-state index in [0.29, 0.717) is 15.4 Å². The molecule has 10 heteroatoms. The summed E-state index contributed by atoms with van der Waals surface area (Å²) in [4.78, 5) is 22.6. The first-order valence-corrected chi connectivity index (χ1v) is 9.40. The SMILES string of the molecule is Cc1ccc(NC(=O)CSc2nnc(NCC(C)C)s2)c([N+](=O)[O-])c1. The topological polar surface area (TPSA) is 110 Å². The van der Waals surface area contributed by atoms with Crippen molar-refractivity contribution in [2.45, 2.75) is 25.1 Å². The number of thioether (sulfide) groups is 1. The van der Waals surface area contributed by atoms with Crippen molar-refractivity contribution >= 4 is 45.5 Å². The molecule has 0 saturated heterocycles. The fraction of sp³-hybridized carbons (Fsp3) is 0.400. The Morgan fingerprint density at radius 3 is 2.84 bits per heavy atom. The average Bonchev–Trinajstić information content (AvgIpc) is 3.00. The van der Waals surface area contributed by atoms with E-state index in [0.717, 1.165) is 12.1 Å². The highest BCUT2D eigenvalue weighted by atomic mass is 32.2. The van der Waals surface area contributed by atoms with Crippen molar-refractivity contribution in [3.05, 3.63) is 33.9 Å². The number of nitrogens with one attached hydrogen (secondary N) is 2. The maximum atomic E-state index is 12.1. The molecular weight excluding hydrogens is 362 g/mol. The molecule has 1 heterocycles. The van der Waals surface area contributed by atoms with E-state index in [9.17, 15) is 14.9 Å². The molecular formula is C15H19N5O3S2. The van der Waals surface area contributed by atoms with Gasteiger partial charge in [0, 0.05) is 12.6 Å². The molecule has 0 aliphatic heterocycles. The predicted molar refractivity (Wildman–Crippen MR) is 100 cm³/mol. The third-order valence-electron chi connectivity index (χ3n) is 3.02. The zero-order valence-electron chi connectivity index (χ0n) is 14.1. The van der Waals surface area contributed by atoms with Crippen LogP contribution in [0.3, 0.4) is 0 Å². The lowest BCUT2D eigenvalue weighted by Gasteiger charge is -2.06. The van der Waals surface area contributed by atoms with Crippen LogP contribution in [0.1, 0.15) is 19.4 Å². The molecule has 0 radical (unpaired) electrons. The number of nitrogens with zero attached hydrogens (tertiary/aromatic N) is 3. The van der Waals surface area contributed by atoms with E-state index < -0.39 is 4.92 Å². The summed E-state index contributed by atoms with van der Waals surface area (Å²) >= 11 is 2.62. The molecule has 2 N–H and O–H groups in total. The van der Waals surface area contributed by atoms with Gasteiger partial charge >= 0.3 is 0 Å². The molecule has 1 aromatic heterocycles. The number of benzene rings is 1. The lowest BCUT2D eigenvalue weighted by atomic mass is 10.2. The zero-order chi connectivity index (χ0) is 18.4. The van der Waals surface area contributed by atoms with Crippen LogP contribution in [0, 0.1) is 23.0 Å². The molecule has 0 unspecified atom stereocenters. The molecule has 25 heavy (non-hydrogen) atoms. The summed E-state index contributed by atoms with van der Waals surface area (Å²) in [6, 6.07) is 4.68. The smallest absolute Gasteiger partial charge is 0.293 e. The Balaban J connectivity index is 1.90. The lowest BCUT2D eigenvalue weighted by Crippen LogP contribution is -2.15. The van der Waals surface area contributed by atoms with Gasteiger partial charge in [-0.15, -0.1) is 10.2 Å². The molecule has 0 bridgehead atoms. The number of aromatic nitrogens is 2. The largest absolute Gasteiger partial charge is 0.360 e. The van der Waals surface area contributed by atoms with Crippen LogP contribution in [-0.2, 0) is 4.79 Å². The van der Waals surface area contributed by atoms with Crippen LogP contribution in [0.4, 0.5) is 16.5 Å². The number of nitro benzene ring substituents is 1. The number of hydrogen-bond donors (Lipinski definition) is 2. The Morgan fingerprint density at radius 1 is 1.40 bits per heavy atom. The maximum absolute atomic E-state index is 12.1. The van der Waals surface area contributed by atoms with Gasteiger partial charge in [-0.1, -0.05) is 43.0 Å². The van der Waals surface area contributed by atoms with E-state index in [-0.39, 0.29) is 23.0 Å². The van der Waals surface area contributed by atoms with Crippen molar-refractivity contribution in [2.24, 2.45) is 5.92 Å². The van der Waals surface area contributed by atoms with E-state index in [4.69, 9.17) is 0 Å². The molecule has 1 amide bonds. The Bertz CT molecular complexity index is 763. The van der Waals surface area contributed by atoms with Crippen molar-refractivity contribution in [1.29, 1.82) is 0 Å². The number of aryl methyl sites for hydroxylation is 1. The van der Waals surface area contributed by atoms with Gasteiger partial charge in [-0.3, -0.25) is 14.9 Å². The molecule has 0 aliphatic carbocycles. The average molecular weight is 381 g/mol. The Labute approximate surface area is 153 Å². The van der Waals surface area contributed by atoms with Gasteiger partial charge < -0.3 is 10.6 Å². The quantitative estimate of drug-likeness (QED) is 0.409. The van der Waals surface area contributed by atoms with E-state index in [1.807, 2.05) is 0 Å². The summed E-state index contributed by atoms with van der Waals surface area (Å²) < 4.78 is 0.666. The minimum atomic E-state index is -0.507. The second-order valence-corrected chi connectivity index (χ2v) is 7.96. The first kappa shape index (κ1) is 19.1. The van der Waals surface area contributed by atoms with Gasteiger partial charge in [-0.25, -0.2) is 0 Å². The van der Waals surface area contributed by atoms with Gasteiger partial charge in [0.15, 0.2) is 4.34 Å². The van der Waals surface area contributed by atoms with Gasteiger partial charge in [-0.2, -0.15) is 0 Å². The van der Waals surface area contributed by atoms with Gasteiger partial charge in [0.05, 0.1) is 10.7 Å². The minimum absolute atomic E-state index is 0.101. The molecule has 0 fully saturated rings. The van der Waals surface area contributed by atoms with Crippen LogP contribution in [0.25, 0.3) is 0 Å². The van der Waals surface area contributed by atoms with Crippen LogP contribution in [0.5, 0.6) is 0 Å². The van der Waals surface area contributed by atoms with Crippen molar-refractivity contribution in [3.63, 3.8) is 0 Å². The molecule has 0 atom stereocenters. The molecule has 1 aromatic carbocycles. The van der Waals surface area contributed by atoms with E-state index >= 15 is 0 Å². The third kappa shape index (κ3) is 5.98. The summed E-state index contributed by atoms with van der Waals surface area (Å²) in [6.07, 6.45) is 0. The zero-order valence-corrected chi connectivity index (χ0v) is 15.7. The third-order valence-corrected chi connectivity index (χ3v) is 5.03. The molecule has 0 saturated carbocycles. The number of nitro groups is 1. The van der Waals surface area contributed by atoms with Gasteiger partial charge in [0.25, 0.3) is 5.69 Å². The Hall–Kier alpha value is -2.20. The molecule has 134 valence electrons. The number of hydrogen-bond acceptors (Lipinski definition) is 8. The Kier molecular flexibility index (Phi) is 6.71. The van der Waals surface area contributed by atoms with Crippen LogP contribution in [-0.4, -0.2) is 33.3 Å². The summed E-state index contributed by atoms with van der Waals surface area (Å²) in [7, 11) is 0. The number of carbonyl (C=O) groups is 1. The summed E-state index contributed by atoms with van der Waals surface area (Å²) in [5.41, 5.74) is 0.835. The van der Waals surface area contributed by atoms with E-state index in [2.05, 4.69) is 34.7 Å². The second-order valence-electron chi connectivity index (χ2n) is 5.76. The number of carbonyl (C=O) groups excluding carboxylic acids is 1. The van der Waals surface area contributed by atoms with Crippen LogP contribution >= 0.6 is 23.1 Å². The standard InChI is InChI=1S/C15H19N5O3S2/c1-9(2)7-16-14-18-19-15(25-14)24-8-13(21)17-11-5-4-10(3)6-12(11)20(22)23/h4-6,9H,7-8H2,1-3H3,(H,16,18)(H,17,21). The van der Waals surface area contributed by atoms with Crippen molar-refractivity contribution < 1.29 is 9.72 Å². The molecule has 8 nitrogen and oxygen atoms in total. The summed E-state index contributed by atoms with van der Waals surface area (Å²) in [5, 5.41) is 25.6. The van der Waals surface area contributed by atoms with Crippen molar-refractivity contribution in [3.8, 4) is 0 Å². The number of rotatable bonds is 8. The second kappa shape index (κ2) is 8.77. The van der Waals surface area contributed by atoms with Crippen molar-refractivity contribution in [2.75, 3.05) is 22.9 Å². The van der Waals surface area contributed by atoms with Crippen LogP contribution < -0.4 is 10.6 Å². The molecule has 2 rings (SSSR count). The molecule has 0 aliphatic rings. The highest BCUT2D eigenvalue weighted by Gasteiger charge is 2.16. The van der Waals surface area contributed by atoms with Gasteiger partial charge in [-0.05, 0) is 24.5 Å². The highest BCUT2D eigenvalue weighted by Crippen LogP contribution is 2.28. The van der Waals surface area contributed by atoms with Crippen LogP contribution in [0.2, 0.25) is 0 Å². The van der Waals surface area contributed by atoms with Gasteiger partial charge in [0.2, 0.25) is 11.0 Å². The summed E-state index contributed by atoms with van der Waals surface area (Å²) in [6.45, 7) is 6.75. The van der Waals surface area contributed by atoms with E-state index in [1.165, 1.54) is 35.2 Å². The maximum Gasteiger partial charge on any atom is 0.293 e. The van der Waals surface area contributed by atoms with Gasteiger partial charge in [0.1, 0.15) is 5.69 Å². The fourth-order valence-corrected chi connectivity index (χ4v) is 3.40.